The van der Waals surface area contributed by atoms with Crippen molar-refractivity contribution in [3.63, 3.8) is 0 Å². The number of ether oxygens (including phenoxy) is 4. The van der Waals surface area contributed by atoms with Crippen LogP contribution in [0.4, 0.5) is 5.69 Å². The van der Waals surface area contributed by atoms with Crippen LogP contribution in [0.5, 0.6) is 23.0 Å². The van der Waals surface area contributed by atoms with E-state index in [1.54, 1.807) is 30.3 Å². The summed E-state index contributed by atoms with van der Waals surface area (Å²) >= 11 is 6.25. The molecule has 1 aliphatic heterocycles. The molecule has 0 unspecified atom stereocenters. The molecule has 7 heteroatoms. The van der Waals surface area contributed by atoms with E-state index in [2.05, 4.69) is 0 Å². The maximum atomic E-state index is 12.6. The van der Waals surface area contributed by atoms with Crippen LogP contribution >= 0.6 is 11.6 Å². The highest BCUT2D eigenvalue weighted by Crippen LogP contribution is 2.44. The van der Waals surface area contributed by atoms with Crippen molar-refractivity contribution in [1.29, 1.82) is 0 Å². The number of nitrogen functional groups attached to an aromatic ring is 1. The Bertz CT molecular complexity index is 878. The molecule has 26 heavy (non-hydrogen) atoms. The fraction of sp³-hybridized carbons (Fsp3) is 0.211. The van der Waals surface area contributed by atoms with E-state index >= 15 is 0 Å². The summed E-state index contributed by atoms with van der Waals surface area (Å²) in [6.45, 7) is 2.47. The topological polar surface area (TPSA) is 80.0 Å². The molecule has 1 aliphatic rings. The molecular formula is C19H18ClNO5. The lowest BCUT2D eigenvalue weighted by molar-refractivity contribution is 0.104. The Kier molecular flexibility index (Phi) is 5.23. The van der Waals surface area contributed by atoms with Crippen LogP contribution < -0.4 is 24.7 Å². The number of hydrogen-bond acceptors (Lipinski definition) is 6. The van der Waals surface area contributed by atoms with Gasteiger partial charge in [0.05, 0.1) is 24.4 Å². The van der Waals surface area contributed by atoms with Crippen LogP contribution in [-0.4, -0.2) is 26.3 Å². The molecule has 0 atom stereocenters. The summed E-state index contributed by atoms with van der Waals surface area (Å²) in [7, 11) is 1.51. The quantitative estimate of drug-likeness (QED) is 0.469. The number of nitrogens with two attached hydrogens (primary N) is 1. The van der Waals surface area contributed by atoms with E-state index in [4.69, 9.17) is 36.3 Å². The fourth-order valence-corrected chi connectivity index (χ4v) is 2.83. The van der Waals surface area contributed by atoms with Crippen molar-refractivity contribution < 1.29 is 23.7 Å². The largest absolute Gasteiger partial charge is 0.492 e. The van der Waals surface area contributed by atoms with E-state index in [0.717, 1.165) is 0 Å². The summed E-state index contributed by atoms with van der Waals surface area (Å²) in [5.41, 5.74) is 7.27. The Labute approximate surface area is 156 Å². The third kappa shape index (κ3) is 3.41. The van der Waals surface area contributed by atoms with Gasteiger partial charge in [0.1, 0.15) is 5.75 Å². The first-order valence-electron chi connectivity index (χ1n) is 7.96. The van der Waals surface area contributed by atoms with Crippen LogP contribution in [0.15, 0.2) is 35.4 Å². The van der Waals surface area contributed by atoms with Gasteiger partial charge in [-0.25, -0.2) is 0 Å². The van der Waals surface area contributed by atoms with Crippen LogP contribution in [-0.2, 0) is 0 Å². The van der Waals surface area contributed by atoms with E-state index in [1.807, 2.05) is 6.92 Å². The molecule has 6 nitrogen and oxygen atoms in total. The molecule has 0 spiro atoms. The molecule has 2 N–H and O–H groups in total. The molecule has 2 aromatic carbocycles. The summed E-state index contributed by atoms with van der Waals surface area (Å²) in [6.07, 6.45) is 1.53. The number of ketones is 1. The lowest BCUT2D eigenvalue weighted by Crippen LogP contribution is -2.03. The Balaban J connectivity index is 1.90. The van der Waals surface area contributed by atoms with Gasteiger partial charge < -0.3 is 24.7 Å². The molecule has 2 aromatic rings. The highest BCUT2D eigenvalue weighted by Gasteiger charge is 2.22. The van der Waals surface area contributed by atoms with Gasteiger partial charge >= 0.3 is 0 Å². The summed E-state index contributed by atoms with van der Waals surface area (Å²) in [5, 5.41) is 0.0192. The van der Waals surface area contributed by atoms with Crippen molar-refractivity contribution in [3.8, 4) is 23.0 Å². The van der Waals surface area contributed by atoms with Crippen LogP contribution in [0.1, 0.15) is 22.8 Å². The molecular weight excluding hydrogens is 358 g/mol. The number of rotatable bonds is 6. The molecule has 0 aliphatic carbocycles. The zero-order valence-corrected chi connectivity index (χ0v) is 15.1. The number of anilines is 1. The first kappa shape index (κ1) is 17.9. The smallest absolute Gasteiger partial charge is 0.231 e. The Morgan fingerprint density at radius 1 is 1.31 bits per heavy atom. The first-order valence-corrected chi connectivity index (χ1v) is 8.33. The maximum Gasteiger partial charge on any atom is 0.231 e. The third-order valence-corrected chi connectivity index (χ3v) is 4.08. The number of Topliss-reactive ketones (excluding diaryl/α,β-unsaturated/α-hetero) is 1. The third-order valence-electron chi connectivity index (χ3n) is 3.80. The fourth-order valence-electron chi connectivity index (χ4n) is 2.60. The summed E-state index contributed by atoms with van der Waals surface area (Å²) in [6, 6.07) is 8.29. The van der Waals surface area contributed by atoms with E-state index in [1.165, 1.54) is 13.2 Å². The van der Waals surface area contributed by atoms with Crippen molar-refractivity contribution in [2.24, 2.45) is 0 Å². The minimum absolute atomic E-state index is 0.0192. The first-order chi connectivity index (χ1) is 12.5. The molecule has 0 saturated heterocycles. The molecule has 0 radical (unpaired) electrons. The minimum Gasteiger partial charge on any atom is -0.492 e. The molecule has 1 heterocycles. The van der Waals surface area contributed by atoms with Gasteiger partial charge in [0.15, 0.2) is 11.5 Å². The standard InChI is InChI=1S/C19H18ClNO5/c1-3-24-15-6-4-11(9-14(15)21)17(22)13(20)8-12-5-7-16-19(18(12)23-2)26-10-25-16/h4-9H,3,10,21H2,1-2H3/b13-8+. The summed E-state index contributed by atoms with van der Waals surface area (Å²) in [5.74, 6) is 1.70. The van der Waals surface area contributed by atoms with E-state index in [9.17, 15) is 4.79 Å². The van der Waals surface area contributed by atoms with E-state index in [0.29, 0.717) is 46.4 Å². The number of halogens is 1. The molecule has 0 aromatic heterocycles. The summed E-state index contributed by atoms with van der Waals surface area (Å²) < 4.78 is 21.5. The zero-order chi connectivity index (χ0) is 18.7. The average Bonchev–Trinajstić information content (AvgIpc) is 3.11. The highest BCUT2D eigenvalue weighted by atomic mass is 35.5. The molecule has 3 rings (SSSR count). The van der Waals surface area contributed by atoms with Crippen molar-refractivity contribution in [1.82, 2.24) is 0 Å². The van der Waals surface area contributed by atoms with Crippen molar-refractivity contribution in [3.05, 3.63) is 46.5 Å². The number of fused-ring (bicyclic) bond motifs is 1. The molecule has 136 valence electrons. The van der Waals surface area contributed by atoms with Crippen LogP contribution in [0.3, 0.4) is 0 Å². The van der Waals surface area contributed by atoms with Gasteiger partial charge in [0, 0.05) is 11.1 Å². The second-order valence-corrected chi connectivity index (χ2v) is 5.84. The second-order valence-electron chi connectivity index (χ2n) is 5.43. The van der Waals surface area contributed by atoms with Crippen LogP contribution in [0.25, 0.3) is 6.08 Å². The molecule has 0 fully saturated rings. The number of carbonyl (C=O) groups is 1. The lowest BCUT2D eigenvalue weighted by Gasteiger charge is -2.10. The van der Waals surface area contributed by atoms with Gasteiger partial charge in [0.2, 0.25) is 18.3 Å². The number of carbonyl (C=O) groups excluding carboxylic acids is 1. The molecule has 0 saturated carbocycles. The normalized spacial score (nSPS) is 12.8. The van der Waals surface area contributed by atoms with Gasteiger partial charge in [-0.1, -0.05) is 11.6 Å². The number of hydrogen-bond donors (Lipinski definition) is 1. The summed E-state index contributed by atoms with van der Waals surface area (Å²) in [4.78, 5) is 12.6. The monoisotopic (exact) mass is 375 g/mol. The van der Waals surface area contributed by atoms with Crippen molar-refractivity contribution >= 4 is 29.1 Å². The van der Waals surface area contributed by atoms with Crippen LogP contribution in [0, 0.1) is 0 Å². The second kappa shape index (κ2) is 7.58. The Morgan fingerprint density at radius 3 is 2.81 bits per heavy atom. The minimum atomic E-state index is -0.360. The number of allylic oxidation sites excluding steroid dienone is 1. The lowest BCUT2D eigenvalue weighted by atomic mass is 10.1. The van der Waals surface area contributed by atoms with Gasteiger partial charge in [0.25, 0.3) is 0 Å². The molecule has 0 bridgehead atoms. The number of benzene rings is 2. The number of methoxy groups -OCH3 is 1. The van der Waals surface area contributed by atoms with Crippen molar-refractivity contribution in [2.45, 2.75) is 6.92 Å². The van der Waals surface area contributed by atoms with Crippen molar-refractivity contribution in [2.75, 3.05) is 26.2 Å². The Morgan fingerprint density at radius 2 is 2.12 bits per heavy atom. The SMILES string of the molecule is CCOc1ccc(C(=O)/C(Cl)=C\c2ccc3c(c2OC)OCO3)cc1N. The van der Waals surface area contributed by atoms with Gasteiger partial charge in [-0.15, -0.1) is 0 Å². The molecule has 0 amide bonds. The maximum absolute atomic E-state index is 12.6. The van der Waals surface area contributed by atoms with Gasteiger partial charge in [-0.05, 0) is 43.3 Å². The predicted molar refractivity (Wildman–Crippen MR) is 99.3 cm³/mol. The zero-order valence-electron chi connectivity index (χ0n) is 14.4. The van der Waals surface area contributed by atoms with Crippen LogP contribution in [0.2, 0.25) is 0 Å². The predicted octanol–water partition coefficient (Wildman–Crippen LogP) is 3.87. The highest BCUT2D eigenvalue weighted by molar-refractivity contribution is 6.47. The van der Waals surface area contributed by atoms with Gasteiger partial charge in [-0.3, -0.25) is 4.79 Å². The average molecular weight is 376 g/mol. The van der Waals surface area contributed by atoms with E-state index < -0.39 is 0 Å². The Hall–Kier alpha value is -2.86. The van der Waals surface area contributed by atoms with E-state index in [-0.39, 0.29) is 17.6 Å². The van der Waals surface area contributed by atoms with Gasteiger partial charge in [-0.2, -0.15) is 0 Å².